The molecule has 3 nitrogen and oxygen atoms in total. The van der Waals surface area contributed by atoms with Crippen LogP contribution in [0.5, 0.6) is 0 Å². The van der Waals surface area contributed by atoms with Crippen molar-refractivity contribution in [1.82, 2.24) is 0 Å². The van der Waals surface area contributed by atoms with Gasteiger partial charge in [0.05, 0.1) is 5.71 Å². The van der Waals surface area contributed by atoms with E-state index in [1.54, 1.807) is 0 Å². The molecular formula is C13H19NO2. The normalized spacial score (nSPS) is 48.6. The van der Waals surface area contributed by atoms with E-state index in [2.05, 4.69) is 25.8 Å². The van der Waals surface area contributed by atoms with Crippen molar-refractivity contribution < 1.29 is 9.53 Å². The lowest BCUT2D eigenvalue weighted by atomic mass is 9.43. The molecule has 3 saturated carbocycles. The van der Waals surface area contributed by atoms with Crippen molar-refractivity contribution in [1.29, 1.82) is 0 Å². The number of hydrogen-bond donors (Lipinski definition) is 0. The van der Waals surface area contributed by atoms with Crippen LogP contribution in [0.25, 0.3) is 0 Å². The van der Waals surface area contributed by atoms with Crippen LogP contribution in [-0.2, 0) is 9.53 Å². The summed E-state index contributed by atoms with van der Waals surface area (Å²) in [5.74, 6) is 1.02. The van der Waals surface area contributed by atoms with Gasteiger partial charge >= 0.3 is 5.97 Å². The van der Waals surface area contributed by atoms with E-state index in [1.165, 1.54) is 6.42 Å². The molecule has 1 heterocycles. The maximum atomic E-state index is 11.7. The van der Waals surface area contributed by atoms with E-state index in [0.29, 0.717) is 11.3 Å². The van der Waals surface area contributed by atoms with Crippen LogP contribution in [0.15, 0.2) is 4.99 Å². The quantitative estimate of drug-likeness (QED) is 0.588. The van der Waals surface area contributed by atoms with E-state index < -0.39 is 5.60 Å². The number of carbonyl (C=O) groups is 1. The molecule has 2 bridgehead atoms. The molecule has 0 N–H and O–H groups in total. The maximum Gasteiger partial charge on any atom is 0.331 e. The van der Waals surface area contributed by atoms with Gasteiger partial charge in [-0.15, -0.1) is 0 Å². The first-order valence-corrected chi connectivity index (χ1v) is 6.15. The van der Waals surface area contributed by atoms with Crippen LogP contribution in [0.3, 0.4) is 0 Å². The highest BCUT2D eigenvalue weighted by Crippen LogP contribution is 2.63. The highest BCUT2D eigenvalue weighted by atomic mass is 16.6. The summed E-state index contributed by atoms with van der Waals surface area (Å²) in [6.45, 7) is 8.46. The summed E-state index contributed by atoms with van der Waals surface area (Å²) in [6, 6.07) is -0.302. The zero-order valence-electron chi connectivity index (χ0n) is 10.4. The Morgan fingerprint density at radius 1 is 1.38 bits per heavy atom. The minimum absolute atomic E-state index is 0.160. The van der Waals surface area contributed by atoms with Gasteiger partial charge in [-0.25, -0.2) is 4.79 Å². The Kier molecular flexibility index (Phi) is 1.73. The largest absolute Gasteiger partial charge is 0.451 e. The Morgan fingerprint density at radius 2 is 2.06 bits per heavy atom. The fourth-order valence-corrected chi connectivity index (χ4v) is 3.83. The van der Waals surface area contributed by atoms with Crippen LogP contribution in [0.2, 0.25) is 0 Å². The molecule has 3 fully saturated rings. The lowest BCUT2D eigenvalue weighted by Gasteiger charge is -2.64. The third-order valence-electron chi connectivity index (χ3n) is 5.15. The Balaban J connectivity index is 2.04. The summed E-state index contributed by atoms with van der Waals surface area (Å²) in [5.41, 5.74) is 1.01. The molecule has 0 spiro atoms. The summed E-state index contributed by atoms with van der Waals surface area (Å²) in [7, 11) is 0. The fraction of sp³-hybridized carbons (Fsp3) is 0.846. The van der Waals surface area contributed by atoms with Crippen molar-refractivity contribution in [3.05, 3.63) is 0 Å². The lowest BCUT2D eigenvalue weighted by Crippen LogP contribution is -2.68. The summed E-state index contributed by atoms with van der Waals surface area (Å²) in [6.07, 6.45) is 2.20. The van der Waals surface area contributed by atoms with Crippen molar-refractivity contribution in [3.8, 4) is 0 Å². The minimum Gasteiger partial charge on any atom is -0.451 e. The topological polar surface area (TPSA) is 38.7 Å². The number of nitrogens with zero attached hydrogens (tertiary/aromatic N) is 1. The van der Waals surface area contributed by atoms with Crippen molar-refractivity contribution >= 4 is 11.7 Å². The first-order chi connectivity index (χ1) is 7.35. The molecule has 0 aromatic carbocycles. The predicted molar refractivity (Wildman–Crippen MR) is 61.4 cm³/mol. The predicted octanol–water partition coefficient (Wildman–Crippen LogP) is 2.20. The van der Waals surface area contributed by atoms with Crippen molar-refractivity contribution in [2.75, 3.05) is 0 Å². The average molecular weight is 221 g/mol. The maximum absolute atomic E-state index is 11.7. The van der Waals surface area contributed by atoms with E-state index >= 15 is 0 Å². The molecule has 4 rings (SSSR count). The summed E-state index contributed by atoms with van der Waals surface area (Å²) < 4.78 is 5.71. The Bertz CT molecular complexity index is 399. The number of rotatable bonds is 0. The zero-order valence-corrected chi connectivity index (χ0v) is 10.4. The molecule has 4 aliphatic rings. The van der Waals surface area contributed by atoms with Gasteiger partial charge in [0.2, 0.25) is 0 Å². The highest BCUT2D eigenvalue weighted by molar-refractivity contribution is 6.00. The third-order valence-corrected chi connectivity index (χ3v) is 5.15. The van der Waals surface area contributed by atoms with Gasteiger partial charge in [-0.05, 0) is 38.0 Å². The Morgan fingerprint density at radius 3 is 2.69 bits per heavy atom. The van der Waals surface area contributed by atoms with Gasteiger partial charge in [0.25, 0.3) is 0 Å². The third kappa shape index (κ3) is 0.994. The van der Waals surface area contributed by atoms with Crippen LogP contribution in [0.1, 0.15) is 40.5 Å². The van der Waals surface area contributed by atoms with Crippen molar-refractivity contribution in [3.63, 3.8) is 0 Å². The SMILES string of the molecule is CC1N=C2CC3CC(C2(C)OC1=O)C3(C)C. The first-order valence-electron chi connectivity index (χ1n) is 6.15. The number of esters is 1. The van der Waals surface area contributed by atoms with Gasteiger partial charge in [0.1, 0.15) is 6.04 Å². The highest BCUT2D eigenvalue weighted by Gasteiger charge is 2.65. The molecule has 0 aromatic heterocycles. The van der Waals surface area contributed by atoms with Gasteiger partial charge in [-0.3, -0.25) is 4.99 Å². The van der Waals surface area contributed by atoms with E-state index in [0.717, 1.165) is 18.1 Å². The number of aliphatic imine (C=N–C) groups is 1. The smallest absolute Gasteiger partial charge is 0.331 e. The van der Waals surface area contributed by atoms with E-state index in [4.69, 9.17) is 4.74 Å². The van der Waals surface area contributed by atoms with Crippen molar-refractivity contribution in [2.45, 2.75) is 52.2 Å². The standard InChI is InChI=1S/C13H19NO2/c1-7-11(15)16-13(4)9-5-8(12(9,2)3)6-10(13)14-7/h7-9H,5-6H2,1-4H3. The van der Waals surface area contributed by atoms with Crippen molar-refractivity contribution in [2.24, 2.45) is 22.2 Å². The second kappa shape index (κ2) is 2.69. The molecule has 3 aliphatic carbocycles. The fourth-order valence-electron chi connectivity index (χ4n) is 3.83. The monoisotopic (exact) mass is 221 g/mol. The second-order valence-corrected chi connectivity index (χ2v) is 6.29. The molecular weight excluding hydrogens is 202 g/mol. The number of ether oxygens (including phenoxy) is 1. The van der Waals surface area contributed by atoms with Gasteiger partial charge in [-0.2, -0.15) is 0 Å². The van der Waals surface area contributed by atoms with Crippen LogP contribution in [0.4, 0.5) is 0 Å². The van der Waals surface area contributed by atoms with E-state index in [9.17, 15) is 4.79 Å². The molecule has 1 aliphatic heterocycles. The van der Waals surface area contributed by atoms with Crippen LogP contribution in [-0.4, -0.2) is 23.3 Å². The lowest BCUT2D eigenvalue weighted by molar-refractivity contribution is -0.187. The second-order valence-electron chi connectivity index (χ2n) is 6.29. The molecule has 88 valence electrons. The summed E-state index contributed by atoms with van der Waals surface area (Å²) >= 11 is 0. The molecule has 3 heteroatoms. The zero-order chi connectivity index (χ0) is 11.7. The molecule has 4 unspecified atom stereocenters. The molecule has 16 heavy (non-hydrogen) atoms. The van der Waals surface area contributed by atoms with E-state index in [-0.39, 0.29) is 12.0 Å². The van der Waals surface area contributed by atoms with Gasteiger partial charge in [0.15, 0.2) is 5.60 Å². The molecule has 4 atom stereocenters. The van der Waals surface area contributed by atoms with Gasteiger partial charge in [0, 0.05) is 5.92 Å². The summed E-state index contributed by atoms with van der Waals surface area (Å²) in [5, 5.41) is 0. The molecule has 0 amide bonds. The van der Waals surface area contributed by atoms with Crippen LogP contribution in [0, 0.1) is 17.3 Å². The molecule has 0 saturated heterocycles. The number of carbonyl (C=O) groups excluding carboxylic acids is 1. The van der Waals surface area contributed by atoms with Crippen LogP contribution < -0.4 is 0 Å². The minimum atomic E-state index is -0.415. The summed E-state index contributed by atoms with van der Waals surface area (Å²) in [4.78, 5) is 16.2. The average Bonchev–Trinajstić information content (AvgIpc) is 2.18. The molecule has 0 radical (unpaired) electrons. The Labute approximate surface area is 96.3 Å². The van der Waals surface area contributed by atoms with Crippen LogP contribution >= 0.6 is 0 Å². The Hall–Kier alpha value is -0.860. The van der Waals surface area contributed by atoms with Gasteiger partial charge < -0.3 is 4.74 Å². The number of hydrogen-bond acceptors (Lipinski definition) is 3. The molecule has 0 aromatic rings. The van der Waals surface area contributed by atoms with Gasteiger partial charge in [-0.1, -0.05) is 13.8 Å². The first kappa shape index (κ1) is 10.3. The van der Waals surface area contributed by atoms with E-state index in [1.807, 2.05) is 6.92 Å².